The summed E-state index contributed by atoms with van der Waals surface area (Å²) in [7, 11) is 0. The average molecular weight is 327 g/mol. The van der Waals surface area contributed by atoms with Gasteiger partial charge < -0.3 is 11.1 Å². The summed E-state index contributed by atoms with van der Waals surface area (Å²) in [6.45, 7) is 0.436. The van der Waals surface area contributed by atoms with Crippen molar-refractivity contribution in [1.29, 1.82) is 0 Å². The van der Waals surface area contributed by atoms with Crippen molar-refractivity contribution in [2.75, 3.05) is 6.54 Å². The molecule has 1 heterocycles. The van der Waals surface area contributed by atoms with Crippen LogP contribution in [0.2, 0.25) is 0 Å². The van der Waals surface area contributed by atoms with Crippen molar-refractivity contribution in [3.63, 3.8) is 0 Å². The van der Waals surface area contributed by atoms with Crippen LogP contribution >= 0.6 is 0 Å². The Kier molecular flexibility index (Phi) is 3.76. The van der Waals surface area contributed by atoms with E-state index in [0.29, 0.717) is 28.9 Å². The van der Waals surface area contributed by atoms with Gasteiger partial charge >= 0.3 is 0 Å². The molecule has 1 aromatic carbocycles. The molecule has 5 heteroatoms. The number of rotatable bonds is 4. The molecule has 2 fully saturated rings. The molecule has 0 aliphatic heterocycles. The lowest BCUT2D eigenvalue weighted by atomic mass is 9.96. The summed E-state index contributed by atoms with van der Waals surface area (Å²) in [6.07, 6.45) is 6.18. The molecule has 0 spiro atoms. The maximum Gasteiger partial charge on any atom is 0.252 e. The minimum absolute atomic E-state index is 0.165. The molecule has 2 aliphatic carbocycles. The van der Waals surface area contributed by atoms with Crippen LogP contribution in [0, 0.1) is 5.82 Å². The number of nitrogens with zero attached hydrogens (tertiary/aromatic N) is 1. The molecule has 3 N–H and O–H groups in total. The summed E-state index contributed by atoms with van der Waals surface area (Å²) in [5, 5.41) is 3.71. The summed E-state index contributed by atoms with van der Waals surface area (Å²) in [5.41, 5.74) is 7.75. The van der Waals surface area contributed by atoms with E-state index in [4.69, 9.17) is 5.73 Å². The molecule has 4 nitrogen and oxygen atoms in total. The second kappa shape index (κ2) is 5.81. The summed E-state index contributed by atoms with van der Waals surface area (Å²) < 4.78 is 13.7. The Bertz CT molecular complexity index is 795. The lowest BCUT2D eigenvalue weighted by Crippen LogP contribution is -2.51. The van der Waals surface area contributed by atoms with Crippen molar-refractivity contribution < 1.29 is 9.18 Å². The number of amides is 1. The first-order valence-electron chi connectivity index (χ1n) is 8.73. The quantitative estimate of drug-likeness (QED) is 0.906. The monoisotopic (exact) mass is 327 g/mol. The fraction of sp³-hybridized carbons (Fsp3) is 0.474. The molecule has 24 heavy (non-hydrogen) atoms. The number of nitrogens with two attached hydrogens (primary N) is 1. The molecule has 0 saturated heterocycles. The predicted octanol–water partition coefficient (Wildman–Crippen LogP) is 3.25. The van der Waals surface area contributed by atoms with E-state index in [9.17, 15) is 9.18 Å². The highest BCUT2D eigenvalue weighted by Gasteiger charge is 2.35. The molecule has 0 atom stereocenters. The number of benzene rings is 1. The second-order valence-electron chi connectivity index (χ2n) is 7.18. The smallest absolute Gasteiger partial charge is 0.252 e. The van der Waals surface area contributed by atoms with Crippen molar-refractivity contribution in [1.82, 2.24) is 10.3 Å². The summed E-state index contributed by atoms with van der Waals surface area (Å²) in [4.78, 5) is 17.6. The van der Waals surface area contributed by atoms with Crippen molar-refractivity contribution in [3.05, 3.63) is 41.3 Å². The topological polar surface area (TPSA) is 68.0 Å². The third-order valence-electron chi connectivity index (χ3n) is 5.36. The van der Waals surface area contributed by atoms with E-state index >= 15 is 0 Å². The van der Waals surface area contributed by atoms with Crippen LogP contribution in [0.3, 0.4) is 0 Å². The number of hydrogen-bond acceptors (Lipinski definition) is 3. The van der Waals surface area contributed by atoms with E-state index in [1.54, 1.807) is 6.07 Å². The molecule has 4 rings (SSSR count). The fourth-order valence-electron chi connectivity index (χ4n) is 3.73. The lowest BCUT2D eigenvalue weighted by Gasteiger charge is -2.29. The van der Waals surface area contributed by atoms with Gasteiger partial charge in [0, 0.05) is 23.5 Å². The van der Waals surface area contributed by atoms with E-state index in [1.165, 1.54) is 12.1 Å². The van der Waals surface area contributed by atoms with Crippen molar-refractivity contribution >= 4 is 16.8 Å². The van der Waals surface area contributed by atoms with E-state index in [1.807, 2.05) is 6.07 Å². The SMILES string of the molecule is NCC1(NC(=O)c2cc(C3CC3)nc3ccc(F)cc23)CCCC1. The number of nitrogens with one attached hydrogen (secondary N) is 1. The van der Waals surface area contributed by atoms with E-state index < -0.39 is 0 Å². The molecule has 2 aliphatic rings. The summed E-state index contributed by atoms with van der Waals surface area (Å²) in [5.74, 6) is -0.0878. The van der Waals surface area contributed by atoms with Gasteiger partial charge in [-0.25, -0.2) is 4.39 Å². The second-order valence-corrected chi connectivity index (χ2v) is 7.18. The minimum Gasteiger partial charge on any atom is -0.345 e. The Balaban J connectivity index is 1.76. The van der Waals surface area contributed by atoms with Gasteiger partial charge in [-0.05, 0) is 49.9 Å². The van der Waals surface area contributed by atoms with Gasteiger partial charge in [0.25, 0.3) is 5.91 Å². The number of carbonyl (C=O) groups is 1. The molecule has 1 amide bonds. The van der Waals surface area contributed by atoms with Gasteiger partial charge in [-0.3, -0.25) is 9.78 Å². The minimum atomic E-state index is -0.355. The fourth-order valence-corrected chi connectivity index (χ4v) is 3.73. The van der Waals surface area contributed by atoms with Gasteiger partial charge in [0.1, 0.15) is 5.82 Å². The Labute approximate surface area is 140 Å². The molecule has 2 aromatic rings. The van der Waals surface area contributed by atoms with Crippen LogP contribution in [0.1, 0.15) is 60.5 Å². The van der Waals surface area contributed by atoms with Gasteiger partial charge in [-0.15, -0.1) is 0 Å². The number of halogens is 1. The van der Waals surface area contributed by atoms with Crippen molar-refractivity contribution in [3.8, 4) is 0 Å². The van der Waals surface area contributed by atoms with Crippen LogP contribution in [0.15, 0.2) is 24.3 Å². The standard InChI is InChI=1S/C19H22FN3O/c20-13-5-6-16-14(9-13)15(10-17(22-16)12-3-4-12)18(24)23-19(11-21)7-1-2-8-19/h5-6,9-10,12H,1-4,7-8,11,21H2,(H,23,24). The van der Waals surface area contributed by atoms with Crippen LogP contribution in [0.25, 0.3) is 10.9 Å². The first-order valence-corrected chi connectivity index (χ1v) is 8.73. The number of pyridine rings is 1. The number of aromatic nitrogens is 1. The zero-order chi connectivity index (χ0) is 16.7. The maximum absolute atomic E-state index is 13.7. The largest absolute Gasteiger partial charge is 0.345 e. The highest BCUT2D eigenvalue weighted by molar-refractivity contribution is 6.06. The van der Waals surface area contributed by atoms with Gasteiger partial charge in [0.05, 0.1) is 16.6 Å². The first-order chi connectivity index (χ1) is 11.6. The molecule has 2 saturated carbocycles. The Morgan fingerprint density at radius 1 is 1.29 bits per heavy atom. The number of hydrogen-bond donors (Lipinski definition) is 2. The van der Waals surface area contributed by atoms with Crippen molar-refractivity contribution in [2.45, 2.75) is 50.0 Å². The van der Waals surface area contributed by atoms with Gasteiger partial charge in [0.2, 0.25) is 0 Å². The lowest BCUT2D eigenvalue weighted by molar-refractivity contribution is 0.0904. The Morgan fingerprint density at radius 3 is 2.71 bits per heavy atom. The molecular formula is C19H22FN3O. The normalized spacial score (nSPS) is 19.6. The summed E-state index contributed by atoms with van der Waals surface area (Å²) in [6, 6.07) is 6.29. The zero-order valence-corrected chi connectivity index (χ0v) is 13.6. The van der Waals surface area contributed by atoms with Crippen LogP contribution in [-0.2, 0) is 0 Å². The third-order valence-corrected chi connectivity index (χ3v) is 5.36. The molecule has 1 aromatic heterocycles. The Hall–Kier alpha value is -2.01. The number of fused-ring (bicyclic) bond motifs is 1. The van der Waals surface area contributed by atoms with E-state index in [0.717, 1.165) is 44.2 Å². The van der Waals surface area contributed by atoms with Crippen LogP contribution in [0.5, 0.6) is 0 Å². The molecule has 0 unspecified atom stereocenters. The molecular weight excluding hydrogens is 305 g/mol. The molecule has 0 radical (unpaired) electrons. The van der Waals surface area contributed by atoms with E-state index in [2.05, 4.69) is 10.3 Å². The average Bonchev–Trinajstić information content (AvgIpc) is 3.34. The highest BCUT2D eigenvalue weighted by atomic mass is 19.1. The van der Waals surface area contributed by atoms with Crippen LogP contribution < -0.4 is 11.1 Å². The van der Waals surface area contributed by atoms with Crippen LogP contribution in [-0.4, -0.2) is 23.0 Å². The zero-order valence-electron chi connectivity index (χ0n) is 13.6. The van der Waals surface area contributed by atoms with Gasteiger partial charge in [0.15, 0.2) is 0 Å². The molecule has 0 bridgehead atoms. The first kappa shape index (κ1) is 15.5. The number of carbonyl (C=O) groups excluding carboxylic acids is 1. The van der Waals surface area contributed by atoms with Crippen molar-refractivity contribution in [2.24, 2.45) is 5.73 Å². The van der Waals surface area contributed by atoms with Gasteiger partial charge in [-0.1, -0.05) is 12.8 Å². The van der Waals surface area contributed by atoms with Crippen LogP contribution in [0.4, 0.5) is 4.39 Å². The third kappa shape index (κ3) is 2.77. The van der Waals surface area contributed by atoms with Gasteiger partial charge in [-0.2, -0.15) is 0 Å². The predicted molar refractivity (Wildman–Crippen MR) is 91.4 cm³/mol. The Morgan fingerprint density at radius 2 is 2.04 bits per heavy atom. The van der Waals surface area contributed by atoms with E-state index in [-0.39, 0.29) is 17.3 Å². The molecule has 126 valence electrons. The summed E-state index contributed by atoms with van der Waals surface area (Å²) >= 11 is 0. The highest BCUT2D eigenvalue weighted by Crippen LogP contribution is 2.40. The maximum atomic E-state index is 13.7.